The molecule has 2 atom stereocenters. The second-order valence-corrected chi connectivity index (χ2v) is 8.65. The molecule has 2 aromatic carbocycles. The fourth-order valence-corrected chi connectivity index (χ4v) is 3.77. The van der Waals surface area contributed by atoms with Gasteiger partial charge in [0.05, 0.1) is 9.79 Å². The van der Waals surface area contributed by atoms with E-state index in [1.165, 1.54) is 48.5 Å². The zero-order valence-corrected chi connectivity index (χ0v) is 15.2. The second kappa shape index (κ2) is 15.1. The van der Waals surface area contributed by atoms with E-state index in [0.717, 1.165) is 0 Å². The number of rotatable bonds is 8. The molecule has 0 heterocycles. The van der Waals surface area contributed by atoms with Crippen LogP contribution in [0.15, 0.2) is 58.3 Å². The summed E-state index contributed by atoms with van der Waals surface area (Å²) in [6, 6.07) is 11.6. The van der Waals surface area contributed by atoms with Crippen LogP contribution in [-0.4, -0.2) is 126 Å². The van der Waals surface area contributed by atoms with Gasteiger partial charge < -0.3 is 19.7 Å². The molecular formula is C14H19N2Na3O6S3. The van der Waals surface area contributed by atoms with Crippen LogP contribution in [0.3, 0.4) is 0 Å². The van der Waals surface area contributed by atoms with Crippen LogP contribution in [0.4, 0.5) is 11.4 Å². The van der Waals surface area contributed by atoms with Crippen LogP contribution >= 0.6 is 0 Å². The summed E-state index contributed by atoms with van der Waals surface area (Å²) in [4.78, 5) is 0.167. The molecule has 0 saturated heterocycles. The van der Waals surface area contributed by atoms with Gasteiger partial charge in [-0.2, -0.15) is 0 Å². The zero-order chi connectivity index (χ0) is 18.4. The molecule has 2 unspecified atom stereocenters. The normalized spacial score (nSPS) is 12.4. The van der Waals surface area contributed by atoms with Crippen LogP contribution in [0.5, 0.6) is 0 Å². The Kier molecular flexibility index (Phi) is 16.9. The van der Waals surface area contributed by atoms with Gasteiger partial charge in [-0.1, -0.05) is 0 Å². The molecule has 8 nitrogen and oxygen atoms in total. The van der Waals surface area contributed by atoms with Gasteiger partial charge in [0.1, 0.15) is 11.8 Å². The van der Waals surface area contributed by atoms with Gasteiger partial charge in [0.25, 0.3) is 0 Å². The van der Waals surface area contributed by atoms with Gasteiger partial charge >= 0.3 is 88.7 Å². The van der Waals surface area contributed by atoms with E-state index in [0.29, 0.717) is 11.4 Å². The van der Waals surface area contributed by atoms with Crippen molar-refractivity contribution in [1.82, 2.24) is 0 Å². The van der Waals surface area contributed by atoms with Crippen LogP contribution in [-0.2, 0) is 32.0 Å². The van der Waals surface area contributed by atoms with Crippen LogP contribution in [0.2, 0.25) is 0 Å². The molecule has 0 saturated carbocycles. The molecule has 0 spiro atoms. The van der Waals surface area contributed by atoms with Crippen LogP contribution in [0.25, 0.3) is 0 Å². The van der Waals surface area contributed by atoms with E-state index in [2.05, 4.69) is 10.6 Å². The van der Waals surface area contributed by atoms with Gasteiger partial charge in [0.2, 0.25) is 9.84 Å². The predicted octanol–water partition coefficient (Wildman–Crippen LogP) is -0.244. The number of hydrogen-bond donors (Lipinski definition) is 4. The van der Waals surface area contributed by atoms with E-state index in [-0.39, 0.29) is 110 Å². The van der Waals surface area contributed by atoms with Gasteiger partial charge in [0, 0.05) is 11.4 Å². The monoisotopic (exact) mass is 476 g/mol. The Morgan fingerprint density at radius 1 is 0.679 bits per heavy atom. The van der Waals surface area contributed by atoms with Gasteiger partial charge in [-0.25, -0.2) is 16.8 Å². The van der Waals surface area contributed by atoms with Crippen LogP contribution < -0.4 is 10.6 Å². The molecule has 0 amide bonds. The van der Waals surface area contributed by atoms with Crippen LogP contribution in [0.1, 0.15) is 0 Å². The first kappa shape index (κ1) is 31.4. The number of hydrogen-bond acceptors (Lipinski definition) is 6. The van der Waals surface area contributed by atoms with Gasteiger partial charge in [0.15, 0.2) is 22.2 Å². The molecule has 0 bridgehead atoms. The Balaban J connectivity index is 0. The Hall–Kier alpha value is 1.21. The Morgan fingerprint density at radius 3 is 1.21 bits per heavy atom. The Bertz CT molecular complexity index is 813. The summed E-state index contributed by atoms with van der Waals surface area (Å²) in [6.45, 7) is 0. The van der Waals surface area contributed by atoms with Crippen LogP contribution in [0, 0.1) is 0 Å². The van der Waals surface area contributed by atoms with Crippen molar-refractivity contribution in [2.24, 2.45) is 0 Å². The molecular weight excluding hydrogens is 457 g/mol. The van der Waals surface area contributed by atoms with Crippen molar-refractivity contribution in [3.05, 3.63) is 48.5 Å². The first-order chi connectivity index (χ1) is 11.8. The van der Waals surface area contributed by atoms with E-state index >= 15 is 0 Å². The summed E-state index contributed by atoms with van der Waals surface area (Å²) in [5.74, 6) is -0.307. The topological polar surface area (TPSA) is 133 Å². The number of sulfone groups is 1. The van der Waals surface area contributed by atoms with Crippen molar-refractivity contribution >= 4 is 132 Å². The number of anilines is 2. The minimum atomic E-state index is -3.71. The molecule has 142 valence electrons. The summed E-state index contributed by atoms with van der Waals surface area (Å²) in [5, 5.41) is 5.39. The molecule has 2 rings (SSSR count). The summed E-state index contributed by atoms with van der Waals surface area (Å²) in [6.07, 6.45) is 0. The third-order valence-electron chi connectivity index (χ3n) is 3.13. The third-order valence-corrected chi connectivity index (χ3v) is 5.70. The molecule has 0 fully saturated rings. The first-order valence-electron chi connectivity index (χ1n) is 6.87. The second-order valence-electron chi connectivity index (χ2n) is 4.84. The quantitative estimate of drug-likeness (QED) is 0.303. The molecule has 0 aliphatic heterocycles. The van der Waals surface area contributed by atoms with Gasteiger partial charge in [-0.3, -0.25) is 0 Å². The van der Waals surface area contributed by atoms with E-state index in [4.69, 9.17) is 9.11 Å². The predicted molar refractivity (Wildman–Crippen MR) is 118 cm³/mol. The fraction of sp³-hybridized carbons (Fsp3) is 0.143. The third kappa shape index (κ3) is 10.0. The van der Waals surface area contributed by atoms with E-state index in [1.54, 1.807) is 0 Å². The molecule has 0 aromatic heterocycles. The summed E-state index contributed by atoms with van der Waals surface area (Å²) in [7, 11) is -3.71. The maximum absolute atomic E-state index is 12.6. The summed E-state index contributed by atoms with van der Waals surface area (Å²) >= 11 is -3.99. The average Bonchev–Trinajstić information content (AvgIpc) is 2.59. The van der Waals surface area contributed by atoms with Crippen molar-refractivity contribution in [2.75, 3.05) is 22.4 Å². The molecule has 14 heteroatoms. The number of nitrogens with one attached hydrogen (secondary N) is 2. The maximum atomic E-state index is 12.6. The first-order valence-corrected chi connectivity index (χ1v) is 10.9. The summed E-state index contributed by atoms with van der Waals surface area (Å²) < 4.78 is 63.8. The van der Waals surface area contributed by atoms with E-state index in [9.17, 15) is 16.8 Å². The SMILES string of the molecule is O=S(O)CNc1ccc(S(=O)(=O)c2ccc(NCS(=O)O)cc2)cc1.[NaH].[NaH].[NaH]. The Labute approximate surface area is 235 Å². The zero-order valence-electron chi connectivity index (χ0n) is 12.8. The van der Waals surface area contributed by atoms with Crippen molar-refractivity contribution in [3.8, 4) is 0 Å². The van der Waals surface area contributed by atoms with E-state index in [1.807, 2.05) is 0 Å². The standard InChI is InChI=1S/C14H16N2O6S3.3Na.3H/c17-23(18)9-15-11-1-5-13(6-2-11)25(21,22)14-7-3-12(4-8-14)16-10-24(19)20;;;;;;/h1-8,15-16H,9-10H2,(H,17,18)(H,19,20);;;;;;. The van der Waals surface area contributed by atoms with Crippen molar-refractivity contribution in [1.29, 1.82) is 0 Å². The number of benzene rings is 2. The van der Waals surface area contributed by atoms with Gasteiger partial charge in [-0.15, -0.1) is 0 Å². The summed E-state index contributed by atoms with van der Waals surface area (Å²) in [5.41, 5.74) is 1.05. The van der Waals surface area contributed by atoms with Crippen molar-refractivity contribution < 1.29 is 25.9 Å². The molecule has 4 N–H and O–H groups in total. The molecule has 28 heavy (non-hydrogen) atoms. The van der Waals surface area contributed by atoms with Gasteiger partial charge in [-0.05, 0) is 48.5 Å². The minimum absolute atomic E-state index is 0. The average molecular weight is 476 g/mol. The fourth-order valence-electron chi connectivity index (χ4n) is 1.93. The van der Waals surface area contributed by atoms with E-state index < -0.39 is 32.0 Å². The molecule has 0 aliphatic carbocycles. The Morgan fingerprint density at radius 2 is 0.964 bits per heavy atom. The van der Waals surface area contributed by atoms with Crippen molar-refractivity contribution in [2.45, 2.75) is 9.79 Å². The van der Waals surface area contributed by atoms with Crippen molar-refractivity contribution in [3.63, 3.8) is 0 Å². The molecule has 2 aromatic rings. The molecule has 0 radical (unpaired) electrons. The molecule has 0 aliphatic rings.